The van der Waals surface area contributed by atoms with Crippen LogP contribution in [0.5, 0.6) is 0 Å². The first-order valence-electron chi connectivity index (χ1n) is 4.78. The van der Waals surface area contributed by atoms with Crippen molar-refractivity contribution in [3.8, 4) is 0 Å². The van der Waals surface area contributed by atoms with E-state index in [0.29, 0.717) is 0 Å². The number of nitrogens with zero attached hydrogens (tertiary/aromatic N) is 1. The number of rotatable bonds is 0. The summed E-state index contributed by atoms with van der Waals surface area (Å²) in [5, 5.41) is 0. The second-order valence-electron chi connectivity index (χ2n) is 3.87. The minimum Gasteiger partial charge on any atom is -0.399 e. The molecule has 1 aromatic carbocycles. The minimum atomic E-state index is 0.895. The Balaban J connectivity index is 2.56. The summed E-state index contributed by atoms with van der Waals surface area (Å²) in [7, 11) is 2.15. The summed E-state index contributed by atoms with van der Waals surface area (Å²) in [5.74, 6) is 0. The zero-order valence-corrected chi connectivity index (χ0v) is 8.30. The molecule has 2 nitrogen and oxygen atoms in total. The van der Waals surface area contributed by atoms with Gasteiger partial charge in [-0.2, -0.15) is 0 Å². The van der Waals surface area contributed by atoms with Crippen LogP contribution in [-0.4, -0.2) is 13.6 Å². The van der Waals surface area contributed by atoms with Crippen LogP contribution in [0, 0.1) is 6.92 Å². The molecule has 0 aromatic heterocycles. The molecule has 0 amide bonds. The first-order chi connectivity index (χ1) is 6.18. The van der Waals surface area contributed by atoms with E-state index in [0.717, 1.165) is 12.2 Å². The molecule has 2 N–H and O–H groups in total. The third-order valence-corrected chi connectivity index (χ3v) is 2.72. The van der Waals surface area contributed by atoms with Crippen molar-refractivity contribution in [1.29, 1.82) is 0 Å². The van der Waals surface area contributed by atoms with Crippen LogP contribution in [0.1, 0.15) is 17.5 Å². The normalized spacial score (nSPS) is 15.7. The first-order valence-corrected chi connectivity index (χ1v) is 4.78. The van der Waals surface area contributed by atoms with E-state index >= 15 is 0 Å². The van der Waals surface area contributed by atoms with Crippen LogP contribution in [0.2, 0.25) is 0 Å². The molecule has 2 rings (SSSR count). The minimum absolute atomic E-state index is 0.895. The molecule has 0 bridgehead atoms. The molecule has 1 aliphatic heterocycles. The summed E-state index contributed by atoms with van der Waals surface area (Å²) < 4.78 is 0. The van der Waals surface area contributed by atoms with Gasteiger partial charge in [0.1, 0.15) is 0 Å². The molecular formula is C11H16N2. The number of hydrogen-bond acceptors (Lipinski definition) is 2. The molecule has 2 heteroatoms. The van der Waals surface area contributed by atoms with Crippen molar-refractivity contribution in [3.05, 3.63) is 23.3 Å². The van der Waals surface area contributed by atoms with Crippen molar-refractivity contribution in [3.63, 3.8) is 0 Å². The van der Waals surface area contributed by atoms with Crippen LogP contribution in [-0.2, 0) is 6.42 Å². The lowest BCUT2D eigenvalue weighted by molar-refractivity contribution is 0.742. The van der Waals surface area contributed by atoms with Gasteiger partial charge in [0.25, 0.3) is 0 Å². The number of anilines is 2. The molecule has 1 aliphatic rings. The van der Waals surface area contributed by atoms with E-state index in [1.54, 1.807) is 0 Å². The topological polar surface area (TPSA) is 29.3 Å². The van der Waals surface area contributed by atoms with Gasteiger partial charge >= 0.3 is 0 Å². The number of aryl methyl sites for hydroxylation is 2. The maximum atomic E-state index is 5.81. The van der Waals surface area contributed by atoms with Gasteiger partial charge in [-0.25, -0.2) is 0 Å². The van der Waals surface area contributed by atoms with E-state index in [1.807, 2.05) is 0 Å². The highest BCUT2D eigenvalue weighted by Crippen LogP contribution is 2.31. The average molecular weight is 176 g/mol. The number of fused-ring (bicyclic) bond motifs is 1. The number of benzene rings is 1. The van der Waals surface area contributed by atoms with E-state index in [2.05, 4.69) is 31.0 Å². The molecule has 1 aromatic rings. The zero-order chi connectivity index (χ0) is 9.42. The highest BCUT2D eigenvalue weighted by molar-refractivity contribution is 5.65. The van der Waals surface area contributed by atoms with Crippen LogP contribution < -0.4 is 10.6 Å². The van der Waals surface area contributed by atoms with E-state index in [-0.39, 0.29) is 0 Å². The van der Waals surface area contributed by atoms with Crippen molar-refractivity contribution in [2.24, 2.45) is 0 Å². The molecule has 0 unspecified atom stereocenters. The van der Waals surface area contributed by atoms with Crippen LogP contribution in [0.25, 0.3) is 0 Å². The van der Waals surface area contributed by atoms with Crippen LogP contribution in [0.15, 0.2) is 12.1 Å². The smallest absolute Gasteiger partial charge is 0.0427 e. The molecule has 1 heterocycles. The van der Waals surface area contributed by atoms with E-state index in [4.69, 9.17) is 5.73 Å². The summed E-state index contributed by atoms with van der Waals surface area (Å²) in [4.78, 5) is 2.33. The Bertz CT molecular complexity index is 331. The zero-order valence-electron chi connectivity index (χ0n) is 8.30. The second-order valence-corrected chi connectivity index (χ2v) is 3.87. The highest BCUT2D eigenvalue weighted by atomic mass is 15.1. The molecule has 70 valence electrons. The predicted molar refractivity (Wildman–Crippen MR) is 57.2 cm³/mol. The molecule has 13 heavy (non-hydrogen) atoms. The third-order valence-electron chi connectivity index (χ3n) is 2.72. The quantitative estimate of drug-likeness (QED) is 0.612. The van der Waals surface area contributed by atoms with E-state index in [1.165, 1.54) is 29.7 Å². The van der Waals surface area contributed by atoms with Crippen molar-refractivity contribution >= 4 is 11.4 Å². The SMILES string of the molecule is Cc1cc(N)cc2c1N(C)CCC2. The van der Waals surface area contributed by atoms with Gasteiger partial charge in [0.05, 0.1) is 0 Å². The van der Waals surface area contributed by atoms with Gasteiger partial charge in [-0.15, -0.1) is 0 Å². The largest absolute Gasteiger partial charge is 0.399 e. The van der Waals surface area contributed by atoms with Gasteiger partial charge in [-0.05, 0) is 43.0 Å². The highest BCUT2D eigenvalue weighted by Gasteiger charge is 2.15. The predicted octanol–water partition coefficient (Wildman–Crippen LogP) is 1.96. The first kappa shape index (κ1) is 8.42. The van der Waals surface area contributed by atoms with Crippen molar-refractivity contribution < 1.29 is 0 Å². The lowest BCUT2D eigenvalue weighted by atomic mass is 9.98. The van der Waals surface area contributed by atoms with Crippen molar-refractivity contribution in [1.82, 2.24) is 0 Å². The van der Waals surface area contributed by atoms with Gasteiger partial charge in [-0.3, -0.25) is 0 Å². The lowest BCUT2D eigenvalue weighted by Crippen LogP contribution is -2.25. The van der Waals surface area contributed by atoms with Gasteiger partial charge in [0.2, 0.25) is 0 Å². The molecule has 0 spiro atoms. The Labute approximate surface area is 79.4 Å². The molecule has 0 saturated carbocycles. The van der Waals surface area contributed by atoms with Gasteiger partial charge < -0.3 is 10.6 Å². The Morgan fingerprint density at radius 2 is 2.15 bits per heavy atom. The van der Waals surface area contributed by atoms with Crippen LogP contribution in [0.4, 0.5) is 11.4 Å². The fourth-order valence-electron chi connectivity index (χ4n) is 2.24. The molecule has 0 radical (unpaired) electrons. The fraction of sp³-hybridized carbons (Fsp3) is 0.455. The molecular weight excluding hydrogens is 160 g/mol. The monoisotopic (exact) mass is 176 g/mol. The van der Waals surface area contributed by atoms with E-state index in [9.17, 15) is 0 Å². The Morgan fingerprint density at radius 1 is 1.38 bits per heavy atom. The fourth-order valence-corrected chi connectivity index (χ4v) is 2.24. The Morgan fingerprint density at radius 3 is 2.92 bits per heavy atom. The molecule has 0 atom stereocenters. The summed E-state index contributed by atoms with van der Waals surface area (Å²) in [5.41, 5.74) is 10.8. The Kier molecular flexibility index (Phi) is 1.91. The van der Waals surface area contributed by atoms with Crippen molar-refractivity contribution in [2.75, 3.05) is 24.2 Å². The molecule has 0 saturated heterocycles. The Hall–Kier alpha value is -1.18. The maximum Gasteiger partial charge on any atom is 0.0427 e. The lowest BCUT2D eigenvalue weighted by Gasteiger charge is -2.29. The summed E-state index contributed by atoms with van der Waals surface area (Å²) in [6.07, 6.45) is 2.41. The summed E-state index contributed by atoms with van der Waals surface area (Å²) >= 11 is 0. The number of nitrogen functional groups attached to an aromatic ring is 1. The average Bonchev–Trinajstić information content (AvgIpc) is 2.02. The van der Waals surface area contributed by atoms with Gasteiger partial charge in [0.15, 0.2) is 0 Å². The number of hydrogen-bond donors (Lipinski definition) is 1. The molecule has 0 aliphatic carbocycles. The molecule has 0 fully saturated rings. The van der Waals surface area contributed by atoms with Crippen LogP contribution in [0.3, 0.4) is 0 Å². The second kappa shape index (κ2) is 2.95. The number of nitrogens with two attached hydrogens (primary N) is 1. The van der Waals surface area contributed by atoms with Gasteiger partial charge in [-0.1, -0.05) is 0 Å². The summed E-state index contributed by atoms with van der Waals surface area (Å²) in [6, 6.07) is 4.17. The summed E-state index contributed by atoms with van der Waals surface area (Å²) in [6.45, 7) is 3.30. The van der Waals surface area contributed by atoms with E-state index < -0.39 is 0 Å². The van der Waals surface area contributed by atoms with Crippen molar-refractivity contribution in [2.45, 2.75) is 19.8 Å². The third kappa shape index (κ3) is 1.37. The van der Waals surface area contributed by atoms with Crippen LogP contribution >= 0.6 is 0 Å². The van der Waals surface area contributed by atoms with Gasteiger partial charge in [0, 0.05) is 25.0 Å². The maximum absolute atomic E-state index is 5.81. The standard InChI is InChI=1S/C11H16N2/c1-8-6-10(12)7-9-4-3-5-13(2)11(8)9/h6-7H,3-5,12H2,1-2H3.